The van der Waals surface area contributed by atoms with E-state index in [9.17, 15) is 24.8 Å². The van der Waals surface area contributed by atoms with E-state index in [0.29, 0.717) is 13.0 Å². The van der Waals surface area contributed by atoms with Crippen molar-refractivity contribution in [2.75, 3.05) is 6.54 Å². The van der Waals surface area contributed by atoms with E-state index >= 15 is 0 Å². The molecule has 1 aromatic carbocycles. The largest absolute Gasteiger partial charge is 0.480 e. The van der Waals surface area contributed by atoms with Crippen LogP contribution in [0.2, 0.25) is 0 Å². The Balaban J connectivity index is 2.39. The van der Waals surface area contributed by atoms with Gasteiger partial charge in [0.25, 0.3) is 11.6 Å². The molecular formula is C14H16N2O5. The number of likely N-dealkylation sites (tertiary alicyclic amines) is 1. The number of nitro groups is 1. The number of carboxylic acids is 1. The lowest BCUT2D eigenvalue weighted by atomic mass is 10.0. The number of rotatable bonds is 3. The zero-order valence-corrected chi connectivity index (χ0v) is 11.8. The van der Waals surface area contributed by atoms with Gasteiger partial charge in [0.1, 0.15) is 6.04 Å². The summed E-state index contributed by atoms with van der Waals surface area (Å²) in [5, 5.41) is 20.2. The van der Waals surface area contributed by atoms with Crippen LogP contribution in [0.5, 0.6) is 0 Å². The zero-order chi connectivity index (χ0) is 15.7. The standard InChI is InChI=1S/C14H16N2O5/c1-8-6-7-15(12(8)14(18)19)13(17)10-4-3-5-11(9(10)2)16(20)21/h3-5,8,12H,6-7H2,1-2H3,(H,18,19). The molecule has 0 radical (unpaired) electrons. The molecule has 1 fully saturated rings. The fourth-order valence-corrected chi connectivity index (χ4v) is 2.76. The van der Waals surface area contributed by atoms with Crippen LogP contribution < -0.4 is 0 Å². The maximum absolute atomic E-state index is 12.5. The maximum atomic E-state index is 12.5. The summed E-state index contributed by atoms with van der Waals surface area (Å²) in [5.41, 5.74) is 0.306. The van der Waals surface area contributed by atoms with Gasteiger partial charge in [0, 0.05) is 23.7 Å². The van der Waals surface area contributed by atoms with E-state index in [4.69, 9.17) is 0 Å². The van der Waals surface area contributed by atoms with Gasteiger partial charge in [0.05, 0.1) is 4.92 Å². The molecule has 0 saturated carbocycles. The van der Waals surface area contributed by atoms with Gasteiger partial charge in [-0.3, -0.25) is 14.9 Å². The molecule has 1 saturated heterocycles. The Bertz CT molecular complexity index is 613. The quantitative estimate of drug-likeness (QED) is 0.676. The van der Waals surface area contributed by atoms with Crippen LogP contribution in [-0.2, 0) is 4.79 Å². The molecule has 0 aliphatic carbocycles. The first-order chi connectivity index (χ1) is 9.84. The summed E-state index contributed by atoms with van der Waals surface area (Å²) in [4.78, 5) is 35.5. The molecule has 21 heavy (non-hydrogen) atoms. The minimum absolute atomic E-state index is 0.134. The van der Waals surface area contributed by atoms with Crippen LogP contribution in [0.25, 0.3) is 0 Å². The number of hydrogen-bond donors (Lipinski definition) is 1. The Labute approximate surface area is 121 Å². The van der Waals surface area contributed by atoms with Crippen molar-refractivity contribution in [2.45, 2.75) is 26.3 Å². The van der Waals surface area contributed by atoms with Crippen molar-refractivity contribution in [1.29, 1.82) is 0 Å². The minimum Gasteiger partial charge on any atom is -0.480 e. The lowest BCUT2D eigenvalue weighted by Gasteiger charge is -2.24. The molecule has 1 aromatic rings. The van der Waals surface area contributed by atoms with E-state index < -0.39 is 22.8 Å². The number of carboxylic acid groups (broad SMARTS) is 1. The monoisotopic (exact) mass is 292 g/mol. The topological polar surface area (TPSA) is 101 Å². The van der Waals surface area contributed by atoms with Gasteiger partial charge in [-0.1, -0.05) is 13.0 Å². The van der Waals surface area contributed by atoms with Crippen LogP contribution >= 0.6 is 0 Å². The predicted molar refractivity (Wildman–Crippen MR) is 74.1 cm³/mol. The van der Waals surface area contributed by atoms with E-state index in [1.165, 1.54) is 30.0 Å². The van der Waals surface area contributed by atoms with Crippen LogP contribution in [0.1, 0.15) is 29.3 Å². The summed E-state index contributed by atoms with van der Waals surface area (Å²) in [6.07, 6.45) is 0.608. The molecule has 1 aliphatic rings. The number of carbonyl (C=O) groups is 2. The Hall–Kier alpha value is -2.44. The van der Waals surface area contributed by atoms with Crippen LogP contribution in [-0.4, -0.2) is 39.4 Å². The number of aliphatic carboxylic acids is 1. The smallest absolute Gasteiger partial charge is 0.326 e. The van der Waals surface area contributed by atoms with E-state index in [2.05, 4.69) is 0 Å². The van der Waals surface area contributed by atoms with Gasteiger partial charge in [-0.2, -0.15) is 0 Å². The Morgan fingerprint density at radius 2 is 2.10 bits per heavy atom. The lowest BCUT2D eigenvalue weighted by molar-refractivity contribution is -0.385. The molecule has 2 unspecified atom stereocenters. The van der Waals surface area contributed by atoms with Crippen molar-refractivity contribution < 1.29 is 19.6 Å². The number of benzene rings is 1. The summed E-state index contributed by atoms with van der Waals surface area (Å²) in [6, 6.07) is 3.38. The molecule has 2 atom stereocenters. The van der Waals surface area contributed by atoms with Crippen LogP contribution in [0, 0.1) is 23.0 Å². The summed E-state index contributed by atoms with van der Waals surface area (Å²) in [7, 11) is 0. The normalized spacial score (nSPS) is 21.3. The highest BCUT2D eigenvalue weighted by Crippen LogP contribution is 2.28. The van der Waals surface area contributed by atoms with Gasteiger partial charge >= 0.3 is 5.97 Å². The van der Waals surface area contributed by atoms with Crippen molar-refractivity contribution in [3.8, 4) is 0 Å². The molecule has 0 aromatic heterocycles. The molecule has 1 aliphatic heterocycles. The summed E-state index contributed by atoms with van der Waals surface area (Å²) >= 11 is 0. The molecular weight excluding hydrogens is 276 g/mol. The summed E-state index contributed by atoms with van der Waals surface area (Å²) < 4.78 is 0. The number of nitrogens with zero attached hydrogens (tertiary/aromatic N) is 2. The van der Waals surface area contributed by atoms with E-state index in [1.807, 2.05) is 0 Å². The molecule has 7 heteroatoms. The molecule has 1 N–H and O–H groups in total. The van der Waals surface area contributed by atoms with E-state index in [-0.39, 0.29) is 22.7 Å². The second-order valence-electron chi connectivity index (χ2n) is 5.25. The molecule has 1 amide bonds. The van der Waals surface area contributed by atoms with Crippen molar-refractivity contribution in [3.05, 3.63) is 39.4 Å². The molecule has 112 valence electrons. The van der Waals surface area contributed by atoms with Gasteiger partial charge in [0.2, 0.25) is 0 Å². The van der Waals surface area contributed by atoms with Gasteiger partial charge in [-0.05, 0) is 25.3 Å². The summed E-state index contributed by atoms with van der Waals surface area (Å²) in [5.74, 6) is -1.64. The Kier molecular flexibility index (Phi) is 3.93. The first-order valence-corrected chi connectivity index (χ1v) is 6.62. The van der Waals surface area contributed by atoms with E-state index in [0.717, 1.165) is 0 Å². The van der Waals surface area contributed by atoms with E-state index in [1.54, 1.807) is 6.92 Å². The summed E-state index contributed by atoms with van der Waals surface area (Å²) in [6.45, 7) is 3.63. The molecule has 0 bridgehead atoms. The average Bonchev–Trinajstić information content (AvgIpc) is 2.80. The van der Waals surface area contributed by atoms with Crippen LogP contribution in [0.3, 0.4) is 0 Å². The number of hydrogen-bond acceptors (Lipinski definition) is 4. The third kappa shape index (κ3) is 2.58. The highest BCUT2D eigenvalue weighted by Gasteiger charge is 2.40. The van der Waals surface area contributed by atoms with Gasteiger partial charge < -0.3 is 10.0 Å². The fourth-order valence-electron chi connectivity index (χ4n) is 2.76. The third-order valence-corrected chi connectivity index (χ3v) is 3.95. The number of nitro benzene ring substituents is 1. The van der Waals surface area contributed by atoms with Gasteiger partial charge in [-0.15, -0.1) is 0 Å². The van der Waals surface area contributed by atoms with Crippen molar-refractivity contribution in [3.63, 3.8) is 0 Å². The first kappa shape index (κ1) is 15.0. The molecule has 0 spiro atoms. The Morgan fingerprint density at radius 1 is 1.43 bits per heavy atom. The lowest BCUT2D eigenvalue weighted by Crippen LogP contribution is -2.43. The van der Waals surface area contributed by atoms with Crippen LogP contribution in [0.4, 0.5) is 5.69 Å². The average molecular weight is 292 g/mol. The highest BCUT2D eigenvalue weighted by molar-refractivity contribution is 5.99. The molecule has 1 heterocycles. The van der Waals surface area contributed by atoms with Crippen molar-refractivity contribution in [2.24, 2.45) is 5.92 Å². The third-order valence-electron chi connectivity index (χ3n) is 3.95. The molecule has 7 nitrogen and oxygen atoms in total. The SMILES string of the molecule is Cc1c(C(=O)N2CCC(C)C2C(=O)O)cccc1[N+](=O)[O-]. The van der Waals surface area contributed by atoms with Crippen molar-refractivity contribution >= 4 is 17.6 Å². The second kappa shape index (κ2) is 5.51. The van der Waals surface area contributed by atoms with Crippen molar-refractivity contribution in [1.82, 2.24) is 4.90 Å². The van der Waals surface area contributed by atoms with Gasteiger partial charge in [0.15, 0.2) is 0 Å². The Morgan fingerprint density at radius 3 is 2.67 bits per heavy atom. The molecule has 2 rings (SSSR count). The first-order valence-electron chi connectivity index (χ1n) is 6.62. The van der Waals surface area contributed by atoms with Crippen LogP contribution in [0.15, 0.2) is 18.2 Å². The second-order valence-corrected chi connectivity index (χ2v) is 5.25. The predicted octanol–water partition coefficient (Wildman–Crippen LogP) is 1.84. The highest BCUT2D eigenvalue weighted by atomic mass is 16.6. The number of carbonyl (C=O) groups excluding carboxylic acids is 1. The minimum atomic E-state index is -1.04. The fraction of sp³-hybridized carbons (Fsp3) is 0.429. The van der Waals surface area contributed by atoms with Gasteiger partial charge in [-0.25, -0.2) is 4.79 Å². The number of amides is 1. The zero-order valence-electron chi connectivity index (χ0n) is 11.8. The maximum Gasteiger partial charge on any atom is 0.326 e.